The van der Waals surface area contributed by atoms with Crippen molar-refractivity contribution in [3.8, 4) is 5.69 Å². The van der Waals surface area contributed by atoms with Gasteiger partial charge in [-0.2, -0.15) is 5.10 Å². The minimum Gasteiger partial charge on any atom is -0.322 e. The van der Waals surface area contributed by atoms with Gasteiger partial charge in [0.1, 0.15) is 6.33 Å². The number of tetrazole rings is 1. The van der Waals surface area contributed by atoms with Crippen LogP contribution in [-0.2, 0) is 9.84 Å². The Hall–Kier alpha value is -3.67. The molecule has 2 aliphatic rings. The first-order chi connectivity index (χ1) is 16.4. The lowest BCUT2D eigenvalue weighted by molar-refractivity contribution is 0.102. The van der Waals surface area contributed by atoms with E-state index in [9.17, 15) is 13.2 Å². The third-order valence-electron chi connectivity index (χ3n) is 6.39. The molecule has 2 fully saturated rings. The Bertz CT molecular complexity index is 1510. The highest BCUT2D eigenvalue weighted by molar-refractivity contribution is 7.91. The van der Waals surface area contributed by atoms with Crippen molar-refractivity contribution in [2.45, 2.75) is 38.1 Å². The van der Waals surface area contributed by atoms with Gasteiger partial charge < -0.3 is 5.32 Å². The number of nitrogens with one attached hydrogen (secondary N) is 1. The molecule has 1 aliphatic heterocycles. The first kappa shape index (κ1) is 20.9. The van der Waals surface area contributed by atoms with Gasteiger partial charge in [-0.3, -0.25) is 4.79 Å². The monoisotopic (exact) mass is 478 g/mol. The van der Waals surface area contributed by atoms with E-state index in [4.69, 9.17) is 4.98 Å². The molecule has 1 atom stereocenters. The normalized spacial score (nSPS) is 19.5. The number of hydrogen-bond donors (Lipinski definition) is 1. The number of aryl methyl sites for hydroxylation is 1. The number of benzene rings is 1. The van der Waals surface area contributed by atoms with E-state index < -0.39 is 9.84 Å². The Kier molecular flexibility index (Phi) is 4.73. The summed E-state index contributed by atoms with van der Waals surface area (Å²) in [5, 5.41) is 19.4. The molecule has 11 nitrogen and oxygen atoms in total. The molecule has 1 aromatic carbocycles. The van der Waals surface area contributed by atoms with Gasteiger partial charge in [0.25, 0.3) is 5.91 Å². The minimum absolute atomic E-state index is 0.0493. The van der Waals surface area contributed by atoms with Crippen LogP contribution < -0.4 is 5.32 Å². The molecule has 1 N–H and O–H groups in total. The summed E-state index contributed by atoms with van der Waals surface area (Å²) in [5.41, 5.74) is 4.01. The summed E-state index contributed by atoms with van der Waals surface area (Å²) in [6, 6.07) is 8.79. The topological polar surface area (TPSA) is 138 Å². The van der Waals surface area contributed by atoms with Crippen LogP contribution in [0.5, 0.6) is 0 Å². The third-order valence-corrected chi connectivity index (χ3v) is 8.14. The quantitative estimate of drug-likeness (QED) is 0.461. The first-order valence-corrected chi connectivity index (χ1v) is 12.9. The van der Waals surface area contributed by atoms with Crippen molar-refractivity contribution in [2.75, 3.05) is 16.8 Å². The highest BCUT2D eigenvalue weighted by Gasteiger charge is 2.34. The predicted molar refractivity (Wildman–Crippen MR) is 124 cm³/mol. The van der Waals surface area contributed by atoms with Crippen LogP contribution in [0.2, 0.25) is 0 Å². The maximum Gasteiger partial charge on any atom is 0.256 e. The van der Waals surface area contributed by atoms with Gasteiger partial charge >= 0.3 is 0 Å². The van der Waals surface area contributed by atoms with Gasteiger partial charge in [0, 0.05) is 17.3 Å². The van der Waals surface area contributed by atoms with Crippen molar-refractivity contribution in [3.05, 3.63) is 53.6 Å². The van der Waals surface area contributed by atoms with E-state index in [1.807, 2.05) is 25.1 Å². The molecule has 6 rings (SSSR count). The SMILES string of the molecule is Cc1nn([C@H]2CCS(=O)(=O)C2)c2nc(C3CC3)cc(C(=O)Nc3ccc(-n4cnnn4)cc3)c12. The Labute approximate surface area is 195 Å². The zero-order valence-corrected chi connectivity index (χ0v) is 19.2. The maximum absolute atomic E-state index is 13.4. The number of aromatic nitrogens is 7. The lowest BCUT2D eigenvalue weighted by Crippen LogP contribution is -2.15. The van der Waals surface area contributed by atoms with Crippen LogP contribution in [0.15, 0.2) is 36.7 Å². The van der Waals surface area contributed by atoms with Crippen LogP contribution in [0.25, 0.3) is 16.7 Å². The summed E-state index contributed by atoms with van der Waals surface area (Å²) in [5.74, 6) is 0.260. The molecule has 1 aliphatic carbocycles. The average Bonchev–Trinajstić information content (AvgIpc) is 3.24. The van der Waals surface area contributed by atoms with Gasteiger partial charge in [-0.25, -0.2) is 22.8 Å². The number of amides is 1. The van der Waals surface area contributed by atoms with Crippen LogP contribution in [0.4, 0.5) is 5.69 Å². The summed E-state index contributed by atoms with van der Waals surface area (Å²) in [4.78, 5) is 18.3. The smallest absolute Gasteiger partial charge is 0.256 e. The lowest BCUT2D eigenvalue weighted by atomic mass is 10.1. The molecule has 34 heavy (non-hydrogen) atoms. The Morgan fingerprint density at radius 1 is 1.15 bits per heavy atom. The number of sulfone groups is 1. The molecule has 0 bridgehead atoms. The number of nitrogens with zero attached hydrogens (tertiary/aromatic N) is 7. The maximum atomic E-state index is 13.4. The first-order valence-electron chi connectivity index (χ1n) is 11.1. The summed E-state index contributed by atoms with van der Waals surface area (Å²) in [7, 11) is -3.09. The van der Waals surface area contributed by atoms with E-state index in [0.717, 1.165) is 24.2 Å². The molecule has 12 heteroatoms. The molecule has 1 saturated heterocycles. The highest BCUT2D eigenvalue weighted by Crippen LogP contribution is 2.41. The van der Waals surface area contributed by atoms with Gasteiger partial charge in [0.2, 0.25) is 0 Å². The van der Waals surface area contributed by atoms with Gasteiger partial charge in [0.05, 0.1) is 39.9 Å². The number of anilines is 1. The fourth-order valence-corrected chi connectivity index (χ4v) is 6.19. The van der Waals surface area contributed by atoms with E-state index in [-0.39, 0.29) is 23.5 Å². The standard InChI is InChI=1S/C22H22N8O3S/c1-13-20-18(22(31)24-15-4-6-16(7-5-15)29-12-23-27-28-29)10-19(14-2-3-14)25-21(20)30(26-13)17-8-9-34(32,33)11-17/h4-7,10,12,14,17H,2-3,8-9,11H2,1H3,(H,24,31)/t17-/m0/s1. The fourth-order valence-electron chi connectivity index (χ4n) is 4.50. The van der Waals surface area contributed by atoms with E-state index >= 15 is 0 Å². The van der Waals surface area contributed by atoms with Gasteiger partial charge in [0.15, 0.2) is 15.5 Å². The van der Waals surface area contributed by atoms with Gasteiger partial charge in [-0.05, 0) is 66.9 Å². The predicted octanol–water partition coefficient (Wildman–Crippen LogP) is 2.20. The molecule has 174 valence electrons. The average molecular weight is 479 g/mol. The number of rotatable bonds is 5. The molecule has 4 heterocycles. The molecule has 4 aromatic rings. The number of hydrogen-bond acceptors (Lipinski definition) is 8. The van der Waals surface area contributed by atoms with Crippen LogP contribution in [0.3, 0.4) is 0 Å². The van der Waals surface area contributed by atoms with Crippen molar-refractivity contribution in [1.29, 1.82) is 0 Å². The number of fused-ring (bicyclic) bond motifs is 1. The molecule has 0 spiro atoms. The fraction of sp³-hybridized carbons (Fsp3) is 0.364. The summed E-state index contributed by atoms with van der Waals surface area (Å²) in [6.07, 6.45) is 4.06. The van der Waals surface area contributed by atoms with Crippen molar-refractivity contribution >= 4 is 32.5 Å². The molecular formula is C22H22N8O3S. The second kappa shape index (κ2) is 7.69. The number of carbonyl (C=O) groups is 1. The van der Waals surface area contributed by atoms with Crippen LogP contribution >= 0.6 is 0 Å². The van der Waals surface area contributed by atoms with Crippen molar-refractivity contribution in [2.24, 2.45) is 0 Å². The number of pyridine rings is 1. The molecule has 0 radical (unpaired) electrons. The molecule has 0 unspecified atom stereocenters. The van der Waals surface area contributed by atoms with Crippen LogP contribution in [0.1, 0.15) is 53.0 Å². The minimum atomic E-state index is -3.09. The van der Waals surface area contributed by atoms with E-state index in [0.29, 0.717) is 40.3 Å². The Balaban J connectivity index is 1.37. The third kappa shape index (κ3) is 3.73. The zero-order chi connectivity index (χ0) is 23.4. The Morgan fingerprint density at radius 3 is 2.59 bits per heavy atom. The molecule has 1 amide bonds. The van der Waals surface area contributed by atoms with Crippen molar-refractivity contribution in [3.63, 3.8) is 0 Å². The van der Waals surface area contributed by atoms with Gasteiger partial charge in [-0.15, -0.1) is 5.10 Å². The van der Waals surface area contributed by atoms with E-state index in [1.165, 1.54) is 11.0 Å². The molecule has 1 saturated carbocycles. The second-order valence-electron chi connectivity index (χ2n) is 8.91. The summed E-state index contributed by atoms with van der Waals surface area (Å²) < 4.78 is 27.4. The van der Waals surface area contributed by atoms with Crippen LogP contribution in [-0.4, -0.2) is 60.8 Å². The lowest BCUT2D eigenvalue weighted by Gasteiger charge is -2.12. The van der Waals surface area contributed by atoms with E-state index in [2.05, 4.69) is 25.9 Å². The van der Waals surface area contributed by atoms with E-state index in [1.54, 1.807) is 16.8 Å². The highest BCUT2D eigenvalue weighted by atomic mass is 32.2. The van der Waals surface area contributed by atoms with Crippen molar-refractivity contribution < 1.29 is 13.2 Å². The number of carbonyl (C=O) groups excluding carboxylic acids is 1. The van der Waals surface area contributed by atoms with Gasteiger partial charge in [-0.1, -0.05) is 0 Å². The zero-order valence-electron chi connectivity index (χ0n) is 18.4. The van der Waals surface area contributed by atoms with Crippen LogP contribution in [0, 0.1) is 6.92 Å². The second-order valence-corrected chi connectivity index (χ2v) is 11.1. The van der Waals surface area contributed by atoms with Crippen molar-refractivity contribution in [1.82, 2.24) is 35.0 Å². The molecule has 3 aromatic heterocycles. The molecular weight excluding hydrogens is 456 g/mol. The Morgan fingerprint density at radius 2 is 1.94 bits per heavy atom. The largest absolute Gasteiger partial charge is 0.322 e. The summed E-state index contributed by atoms with van der Waals surface area (Å²) in [6.45, 7) is 1.83. The summed E-state index contributed by atoms with van der Waals surface area (Å²) >= 11 is 0.